The van der Waals surface area contributed by atoms with Crippen LogP contribution in [0.3, 0.4) is 0 Å². The summed E-state index contributed by atoms with van der Waals surface area (Å²) in [7, 11) is 1.41. The molecule has 0 saturated heterocycles. The third kappa shape index (κ3) is 1.71. The quantitative estimate of drug-likeness (QED) is 0.757. The van der Waals surface area contributed by atoms with Crippen LogP contribution in [0, 0.1) is 0 Å². The lowest BCUT2D eigenvalue weighted by molar-refractivity contribution is 0.0583. The third-order valence-corrected chi connectivity index (χ3v) is 2.80. The molecule has 0 atom stereocenters. The summed E-state index contributed by atoms with van der Waals surface area (Å²) in [6.45, 7) is 5.65. The number of aromatic nitrogens is 2. The SMILES string of the molecule is COC(=O)c1c2c(nn1C(C)C)CNCC2. The van der Waals surface area contributed by atoms with Crippen LogP contribution in [-0.4, -0.2) is 29.4 Å². The fourth-order valence-electron chi connectivity index (χ4n) is 2.03. The monoisotopic (exact) mass is 223 g/mol. The first-order chi connectivity index (χ1) is 7.65. The van der Waals surface area contributed by atoms with Gasteiger partial charge in [0.25, 0.3) is 0 Å². The molecule has 0 aromatic carbocycles. The molecule has 1 N–H and O–H groups in total. The second-order valence-corrected chi connectivity index (χ2v) is 4.23. The fraction of sp³-hybridized carbons (Fsp3) is 0.636. The number of nitrogens with one attached hydrogen (secondary N) is 1. The van der Waals surface area contributed by atoms with Crippen molar-refractivity contribution >= 4 is 5.97 Å². The molecule has 5 nitrogen and oxygen atoms in total. The Morgan fingerprint density at radius 3 is 2.94 bits per heavy atom. The molecule has 16 heavy (non-hydrogen) atoms. The number of esters is 1. The van der Waals surface area contributed by atoms with E-state index in [1.165, 1.54) is 7.11 Å². The zero-order valence-electron chi connectivity index (χ0n) is 9.91. The van der Waals surface area contributed by atoms with E-state index in [0.29, 0.717) is 5.69 Å². The van der Waals surface area contributed by atoms with Crippen molar-refractivity contribution in [3.63, 3.8) is 0 Å². The lowest BCUT2D eigenvalue weighted by Gasteiger charge is -2.12. The molecule has 0 bridgehead atoms. The molecule has 0 saturated carbocycles. The van der Waals surface area contributed by atoms with Crippen LogP contribution in [0.5, 0.6) is 0 Å². The van der Waals surface area contributed by atoms with Gasteiger partial charge in [0.2, 0.25) is 0 Å². The average molecular weight is 223 g/mol. The van der Waals surface area contributed by atoms with Crippen LogP contribution in [0.1, 0.15) is 41.6 Å². The maximum atomic E-state index is 11.8. The van der Waals surface area contributed by atoms with Crippen molar-refractivity contribution in [3.8, 4) is 0 Å². The molecule has 1 aliphatic heterocycles. The van der Waals surface area contributed by atoms with Crippen molar-refractivity contribution in [1.29, 1.82) is 0 Å². The molecule has 2 heterocycles. The topological polar surface area (TPSA) is 56.1 Å². The predicted octanol–water partition coefficient (Wildman–Crippen LogP) is 0.896. The van der Waals surface area contributed by atoms with Crippen molar-refractivity contribution in [2.24, 2.45) is 0 Å². The highest BCUT2D eigenvalue weighted by Gasteiger charge is 2.26. The number of nitrogens with zero attached hydrogens (tertiary/aromatic N) is 2. The first-order valence-electron chi connectivity index (χ1n) is 5.54. The Morgan fingerprint density at radius 1 is 1.56 bits per heavy atom. The van der Waals surface area contributed by atoms with E-state index >= 15 is 0 Å². The Bertz CT molecular complexity index is 410. The normalized spacial score (nSPS) is 15.0. The molecule has 0 radical (unpaired) electrons. The molecular formula is C11H17N3O2. The maximum absolute atomic E-state index is 11.8. The number of carbonyl (C=O) groups excluding carboxylic acids is 1. The van der Waals surface area contributed by atoms with Crippen molar-refractivity contribution in [2.75, 3.05) is 13.7 Å². The number of rotatable bonds is 2. The molecule has 2 rings (SSSR count). The highest BCUT2D eigenvalue weighted by Crippen LogP contribution is 2.22. The number of hydrogen-bond donors (Lipinski definition) is 1. The van der Waals surface area contributed by atoms with E-state index in [0.717, 1.165) is 30.8 Å². The summed E-state index contributed by atoms with van der Waals surface area (Å²) in [5.41, 5.74) is 2.63. The van der Waals surface area contributed by atoms with Gasteiger partial charge in [0.15, 0.2) is 0 Å². The van der Waals surface area contributed by atoms with Crippen LogP contribution < -0.4 is 5.32 Å². The number of hydrogen-bond acceptors (Lipinski definition) is 4. The zero-order chi connectivity index (χ0) is 11.7. The van der Waals surface area contributed by atoms with Gasteiger partial charge in [-0.1, -0.05) is 0 Å². The summed E-state index contributed by atoms with van der Waals surface area (Å²) in [4.78, 5) is 11.8. The van der Waals surface area contributed by atoms with Gasteiger partial charge >= 0.3 is 5.97 Å². The molecule has 88 valence electrons. The second kappa shape index (κ2) is 4.25. The zero-order valence-corrected chi connectivity index (χ0v) is 9.91. The molecule has 5 heteroatoms. The van der Waals surface area contributed by atoms with Gasteiger partial charge in [-0.2, -0.15) is 5.10 Å². The van der Waals surface area contributed by atoms with Crippen molar-refractivity contribution in [3.05, 3.63) is 17.0 Å². The molecule has 0 spiro atoms. The number of ether oxygens (including phenoxy) is 1. The van der Waals surface area contributed by atoms with Gasteiger partial charge in [-0.25, -0.2) is 4.79 Å². The largest absolute Gasteiger partial charge is 0.464 e. The minimum absolute atomic E-state index is 0.166. The van der Waals surface area contributed by atoms with Crippen LogP contribution >= 0.6 is 0 Å². The Hall–Kier alpha value is -1.36. The lowest BCUT2D eigenvalue weighted by atomic mass is 10.1. The van der Waals surface area contributed by atoms with Crippen molar-refractivity contribution < 1.29 is 9.53 Å². The molecule has 0 fully saturated rings. The Morgan fingerprint density at radius 2 is 2.31 bits per heavy atom. The summed E-state index contributed by atoms with van der Waals surface area (Å²) in [6, 6.07) is 0.166. The molecule has 1 aromatic heterocycles. The highest BCUT2D eigenvalue weighted by atomic mass is 16.5. The minimum Gasteiger partial charge on any atom is -0.464 e. The van der Waals surface area contributed by atoms with Crippen LogP contribution in [0.4, 0.5) is 0 Å². The number of carbonyl (C=O) groups is 1. The molecule has 1 aromatic rings. The average Bonchev–Trinajstić information content (AvgIpc) is 2.67. The Balaban J connectivity index is 2.52. The summed E-state index contributed by atoms with van der Waals surface area (Å²) >= 11 is 0. The van der Waals surface area contributed by atoms with Gasteiger partial charge in [0.05, 0.1) is 12.8 Å². The lowest BCUT2D eigenvalue weighted by Crippen LogP contribution is -2.24. The van der Waals surface area contributed by atoms with Gasteiger partial charge in [-0.3, -0.25) is 4.68 Å². The van der Waals surface area contributed by atoms with E-state index < -0.39 is 0 Å². The van der Waals surface area contributed by atoms with Crippen LogP contribution in [0.2, 0.25) is 0 Å². The smallest absolute Gasteiger partial charge is 0.356 e. The number of methoxy groups -OCH3 is 1. The van der Waals surface area contributed by atoms with Gasteiger partial charge in [0.1, 0.15) is 5.69 Å². The van der Waals surface area contributed by atoms with E-state index in [1.807, 2.05) is 13.8 Å². The number of fused-ring (bicyclic) bond motifs is 1. The van der Waals surface area contributed by atoms with Crippen LogP contribution in [0.15, 0.2) is 0 Å². The molecule has 0 aliphatic carbocycles. The maximum Gasteiger partial charge on any atom is 0.356 e. The van der Waals surface area contributed by atoms with Crippen molar-refractivity contribution in [1.82, 2.24) is 15.1 Å². The van der Waals surface area contributed by atoms with E-state index in [1.54, 1.807) is 4.68 Å². The Labute approximate surface area is 94.8 Å². The molecule has 0 amide bonds. The standard InChI is InChI=1S/C11H17N3O2/c1-7(2)14-10(11(15)16-3)8-4-5-12-6-9(8)13-14/h7,12H,4-6H2,1-3H3. The van der Waals surface area contributed by atoms with Crippen molar-refractivity contribution in [2.45, 2.75) is 32.9 Å². The Kier molecular flexibility index (Phi) is 2.96. The van der Waals surface area contributed by atoms with Gasteiger partial charge < -0.3 is 10.1 Å². The van der Waals surface area contributed by atoms with Crippen LogP contribution in [0.25, 0.3) is 0 Å². The molecule has 1 aliphatic rings. The highest BCUT2D eigenvalue weighted by molar-refractivity contribution is 5.89. The van der Waals surface area contributed by atoms with Gasteiger partial charge in [0, 0.05) is 18.2 Å². The second-order valence-electron chi connectivity index (χ2n) is 4.23. The fourth-order valence-corrected chi connectivity index (χ4v) is 2.03. The summed E-state index contributed by atoms with van der Waals surface area (Å²) in [5.74, 6) is -0.288. The summed E-state index contributed by atoms with van der Waals surface area (Å²) in [5, 5.41) is 7.72. The summed E-state index contributed by atoms with van der Waals surface area (Å²) in [6.07, 6.45) is 0.840. The van der Waals surface area contributed by atoms with Gasteiger partial charge in [-0.05, 0) is 26.8 Å². The molecule has 0 unspecified atom stereocenters. The third-order valence-electron chi connectivity index (χ3n) is 2.80. The predicted molar refractivity (Wildman–Crippen MR) is 59.4 cm³/mol. The summed E-state index contributed by atoms with van der Waals surface area (Å²) < 4.78 is 6.60. The van der Waals surface area contributed by atoms with Crippen LogP contribution in [-0.2, 0) is 17.7 Å². The first-order valence-corrected chi connectivity index (χ1v) is 5.54. The van der Waals surface area contributed by atoms with E-state index in [9.17, 15) is 4.79 Å². The van der Waals surface area contributed by atoms with E-state index in [4.69, 9.17) is 4.74 Å². The van der Waals surface area contributed by atoms with Gasteiger partial charge in [-0.15, -0.1) is 0 Å². The van der Waals surface area contributed by atoms with E-state index in [-0.39, 0.29) is 12.0 Å². The first kappa shape index (κ1) is 11.1. The minimum atomic E-state index is -0.288. The van der Waals surface area contributed by atoms with E-state index in [2.05, 4.69) is 10.4 Å². The molecular weight excluding hydrogens is 206 g/mol.